The van der Waals surface area contributed by atoms with E-state index in [0.29, 0.717) is 16.8 Å². The lowest BCUT2D eigenvalue weighted by molar-refractivity contribution is 0.102. The van der Waals surface area contributed by atoms with Crippen LogP contribution in [0.3, 0.4) is 0 Å². The van der Waals surface area contributed by atoms with Crippen molar-refractivity contribution in [3.63, 3.8) is 0 Å². The maximum absolute atomic E-state index is 12.1. The van der Waals surface area contributed by atoms with Gasteiger partial charge >= 0.3 is 0 Å². The molecule has 1 amide bonds. The number of para-hydroxylation sites is 1. The molecular weight excluding hydrogens is 226 g/mol. The number of anilines is 1. The smallest absolute Gasteiger partial charge is 0.259 e. The topological polar surface area (TPSA) is 49.3 Å². The van der Waals surface area contributed by atoms with Gasteiger partial charge in [0.25, 0.3) is 5.91 Å². The van der Waals surface area contributed by atoms with E-state index in [2.05, 4.69) is 5.32 Å². The van der Waals surface area contributed by atoms with Gasteiger partial charge < -0.3 is 10.4 Å². The average Bonchev–Trinajstić information content (AvgIpc) is 2.35. The Labute approximate surface area is 106 Å². The highest BCUT2D eigenvalue weighted by molar-refractivity contribution is 6.06. The Hall–Kier alpha value is -2.29. The SMILES string of the molecule is Cc1cc(C)c(O)c(C(=O)Nc2ccccc2)c1. The molecule has 3 nitrogen and oxygen atoms in total. The molecule has 2 aromatic rings. The lowest BCUT2D eigenvalue weighted by Gasteiger charge is -2.09. The predicted octanol–water partition coefficient (Wildman–Crippen LogP) is 3.26. The number of carbonyl (C=O) groups excluding carboxylic acids is 1. The van der Waals surface area contributed by atoms with Crippen LogP contribution < -0.4 is 5.32 Å². The van der Waals surface area contributed by atoms with Crippen LogP contribution in [0.1, 0.15) is 21.5 Å². The zero-order valence-corrected chi connectivity index (χ0v) is 10.4. The van der Waals surface area contributed by atoms with E-state index in [1.54, 1.807) is 25.1 Å². The van der Waals surface area contributed by atoms with Gasteiger partial charge in [0.05, 0.1) is 5.56 Å². The lowest BCUT2D eigenvalue weighted by Crippen LogP contribution is -2.12. The summed E-state index contributed by atoms with van der Waals surface area (Å²) in [7, 11) is 0. The molecule has 0 saturated carbocycles. The van der Waals surface area contributed by atoms with Crippen molar-refractivity contribution in [1.29, 1.82) is 0 Å². The number of benzene rings is 2. The number of nitrogens with one attached hydrogen (secondary N) is 1. The van der Waals surface area contributed by atoms with Crippen LogP contribution in [0, 0.1) is 13.8 Å². The van der Waals surface area contributed by atoms with E-state index in [1.807, 2.05) is 31.2 Å². The first-order valence-corrected chi connectivity index (χ1v) is 5.74. The number of amides is 1. The van der Waals surface area contributed by atoms with Gasteiger partial charge in [0.2, 0.25) is 0 Å². The van der Waals surface area contributed by atoms with E-state index >= 15 is 0 Å². The summed E-state index contributed by atoms with van der Waals surface area (Å²) >= 11 is 0. The van der Waals surface area contributed by atoms with Crippen LogP contribution in [0.2, 0.25) is 0 Å². The summed E-state index contributed by atoms with van der Waals surface area (Å²) in [4.78, 5) is 12.1. The molecule has 2 aromatic carbocycles. The second-order valence-electron chi connectivity index (χ2n) is 4.30. The Morgan fingerprint density at radius 1 is 1.11 bits per heavy atom. The largest absolute Gasteiger partial charge is 0.507 e. The van der Waals surface area contributed by atoms with Crippen molar-refractivity contribution >= 4 is 11.6 Å². The van der Waals surface area contributed by atoms with Crippen LogP contribution in [-0.4, -0.2) is 11.0 Å². The summed E-state index contributed by atoms with van der Waals surface area (Å²) < 4.78 is 0. The molecule has 0 aliphatic carbocycles. The van der Waals surface area contributed by atoms with Crippen molar-refractivity contribution < 1.29 is 9.90 Å². The number of rotatable bonds is 2. The van der Waals surface area contributed by atoms with Crippen LogP contribution in [0.4, 0.5) is 5.69 Å². The number of carbonyl (C=O) groups is 1. The summed E-state index contributed by atoms with van der Waals surface area (Å²) in [5.41, 5.74) is 2.66. The minimum atomic E-state index is -0.300. The Balaban J connectivity index is 2.30. The Kier molecular flexibility index (Phi) is 3.33. The number of aryl methyl sites for hydroxylation is 2. The van der Waals surface area contributed by atoms with E-state index in [1.165, 1.54) is 0 Å². The second kappa shape index (κ2) is 4.92. The third-order valence-electron chi connectivity index (χ3n) is 2.72. The van der Waals surface area contributed by atoms with Gasteiger partial charge in [0.15, 0.2) is 0 Å². The number of phenolic OH excluding ortho intramolecular Hbond substituents is 1. The number of hydrogen-bond donors (Lipinski definition) is 2. The molecule has 0 aliphatic heterocycles. The predicted molar refractivity (Wildman–Crippen MR) is 72.0 cm³/mol. The quantitative estimate of drug-likeness (QED) is 0.847. The summed E-state index contributed by atoms with van der Waals surface area (Å²) in [5, 5.41) is 12.7. The Bertz CT molecular complexity index is 577. The molecule has 0 atom stereocenters. The van der Waals surface area contributed by atoms with E-state index in [-0.39, 0.29) is 11.7 Å². The maximum Gasteiger partial charge on any atom is 0.259 e. The van der Waals surface area contributed by atoms with Crippen molar-refractivity contribution in [1.82, 2.24) is 0 Å². The van der Waals surface area contributed by atoms with Gasteiger partial charge in [-0.05, 0) is 43.2 Å². The highest BCUT2D eigenvalue weighted by Gasteiger charge is 2.13. The van der Waals surface area contributed by atoms with E-state index in [4.69, 9.17) is 0 Å². The van der Waals surface area contributed by atoms with Crippen molar-refractivity contribution in [3.8, 4) is 5.75 Å². The number of aromatic hydroxyl groups is 1. The van der Waals surface area contributed by atoms with Crippen LogP contribution in [0.15, 0.2) is 42.5 Å². The standard InChI is InChI=1S/C15H15NO2/c1-10-8-11(2)14(17)13(9-10)15(18)16-12-6-4-3-5-7-12/h3-9,17H,1-2H3,(H,16,18). The van der Waals surface area contributed by atoms with Gasteiger partial charge in [-0.15, -0.1) is 0 Å². The molecule has 0 bridgehead atoms. The minimum Gasteiger partial charge on any atom is -0.507 e. The summed E-state index contributed by atoms with van der Waals surface area (Å²) in [6.45, 7) is 3.67. The van der Waals surface area contributed by atoms with Gasteiger partial charge in [0, 0.05) is 5.69 Å². The number of hydrogen-bond acceptors (Lipinski definition) is 2. The molecule has 0 unspecified atom stereocenters. The molecule has 3 heteroatoms. The van der Waals surface area contributed by atoms with Gasteiger partial charge in [-0.2, -0.15) is 0 Å². The van der Waals surface area contributed by atoms with Crippen LogP contribution in [-0.2, 0) is 0 Å². The van der Waals surface area contributed by atoms with Crippen molar-refractivity contribution in [3.05, 3.63) is 59.2 Å². The lowest BCUT2D eigenvalue weighted by atomic mass is 10.0. The molecule has 0 aliphatic rings. The second-order valence-corrected chi connectivity index (χ2v) is 4.30. The van der Waals surface area contributed by atoms with E-state index in [0.717, 1.165) is 5.56 Å². The van der Waals surface area contributed by atoms with Crippen molar-refractivity contribution in [2.24, 2.45) is 0 Å². The fraction of sp³-hybridized carbons (Fsp3) is 0.133. The van der Waals surface area contributed by atoms with Crippen LogP contribution >= 0.6 is 0 Å². The fourth-order valence-corrected chi connectivity index (χ4v) is 1.85. The highest BCUT2D eigenvalue weighted by Crippen LogP contribution is 2.24. The summed E-state index contributed by atoms with van der Waals surface area (Å²) in [5.74, 6) is -0.264. The fourth-order valence-electron chi connectivity index (χ4n) is 1.85. The van der Waals surface area contributed by atoms with Gasteiger partial charge in [0.1, 0.15) is 5.75 Å². The zero-order valence-electron chi connectivity index (χ0n) is 10.4. The van der Waals surface area contributed by atoms with Gasteiger partial charge in [-0.1, -0.05) is 24.3 Å². The van der Waals surface area contributed by atoms with Crippen LogP contribution in [0.25, 0.3) is 0 Å². The third kappa shape index (κ3) is 2.51. The van der Waals surface area contributed by atoms with Crippen molar-refractivity contribution in [2.45, 2.75) is 13.8 Å². The molecular formula is C15H15NO2. The highest BCUT2D eigenvalue weighted by atomic mass is 16.3. The molecule has 0 fully saturated rings. The van der Waals surface area contributed by atoms with E-state index < -0.39 is 0 Å². The summed E-state index contributed by atoms with van der Waals surface area (Å²) in [6.07, 6.45) is 0. The molecule has 0 radical (unpaired) electrons. The normalized spacial score (nSPS) is 10.1. The molecule has 92 valence electrons. The maximum atomic E-state index is 12.1. The van der Waals surface area contributed by atoms with Gasteiger partial charge in [-0.3, -0.25) is 4.79 Å². The van der Waals surface area contributed by atoms with Crippen LogP contribution in [0.5, 0.6) is 5.75 Å². The molecule has 0 aromatic heterocycles. The molecule has 0 spiro atoms. The monoisotopic (exact) mass is 241 g/mol. The average molecular weight is 241 g/mol. The molecule has 18 heavy (non-hydrogen) atoms. The first kappa shape index (κ1) is 12.2. The zero-order chi connectivity index (χ0) is 13.1. The summed E-state index contributed by atoms with van der Waals surface area (Å²) in [6, 6.07) is 12.7. The van der Waals surface area contributed by atoms with Crippen molar-refractivity contribution in [2.75, 3.05) is 5.32 Å². The molecule has 2 N–H and O–H groups in total. The first-order chi connectivity index (χ1) is 8.58. The minimum absolute atomic E-state index is 0.0361. The molecule has 2 rings (SSSR count). The first-order valence-electron chi connectivity index (χ1n) is 5.74. The Morgan fingerprint density at radius 2 is 1.78 bits per heavy atom. The van der Waals surface area contributed by atoms with E-state index in [9.17, 15) is 9.90 Å². The number of phenols is 1. The van der Waals surface area contributed by atoms with Gasteiger partial charge in [-0.25, -0.2) is 0 Å². The Morgan fingerprint density at radius 3 is 2.44 bits per heavy atom. The molecule has 0 saturated heterocycles. The molecule has 0 heterocycles. The third-order valence-corrected chi connectivity index (χ3v) is 2.72.